The van der Waals surface area contributed by atoms with Gasteiger partial charge >= 0.3 is 0 Å². The van der Waals surface area contributed by atoms with Crippen LogP contribution in [-0.4, -0.2) is 31.5 Å². The van der Waals surface area contributed by atoms with Crippen LogP contribution in [0.5, 0.6) is 0 Å². The van der Waals surface area contributed by atoms with Crippen LogP contribution >= 0.6 is 0 Å². The van der Waals surface area contributed by atoms with Gasteiger partial charge in [0.05, 0.1) is 12.7 Å². The largest absolute Gasteiger partial charge is 0.366 e. The number of rotatable bonds is 4. The zero-order chi connectivity index (χ0) is 11.2. The first-order valence-corrected chi connectivity index (χ1v) is 4.69. The van der Waals surface area contributed by atoms with Gasteiger partial charge in [0.2, 0.25) is 0 Å². The Hall–Kier alpha value is -2.49. The van der Waals surface area contributed by atoms with Crippen molar-refractivity contribution in [2.75, 3.05) is 11.9 Å². The summed E-state index contributed by atoms with van der Waals surface area (Å²) < 4.78 is 1.69. The first-order valence-electron chi connectivity index (χ1n) is 4.69. The topological polar surface area (TPSA) is 92.3 Å². The summed E-state index contributed by atoms with van der Waals surface area (Å²) in [4.78, 5) is 7.92. The zero-order valence-corrected chi connectivity index (χ0v) is 8.41. The summed E-state index contributed by atoms with van der Waals surface area (Å²) in [6.07, 6.45) is 6.41. The van der Waals surface area contributed by atoms with Crippen LogP contribution < -0.4 is 5.32 Å². The van der Waals surface area contributed by atoms with Gasteiger partial charge < -0.3 is 5.32 Å². The van der Waals surface area contributed by atoms with Gasteiger partial charge in [-0.1, -0.05) is 5.21 Å². The van der Waals surface area contributed by atoms with Crippen molar-refractivity contribution < 1.29 is 0 Å². The van der Waals surface area contributed by atoms with Crippen molar-refractivity contribution in [1.29, 1.82) is 5.26 Å². The third-order valence-electron chi connectivity index (χ3n) is 1.91. The van der Waals surface area contributed by atoms with Crippen LogP contribution in [0.3, 0.4) is 0 Å². The number of nitrogens with zero attached hydrogens (tertiary/aromatic N) is 6. The van der Waals surface area contributed by atoms with E-state index in [0.29, 0.717) is 24.6 Å². The summed E-state index contributed by atoms with van der Waals surface area (Å²) in [5, 5.41) is 19.3. The Morgan fingerprint density at radius 3 is 2.94 bits per heavy atom. The molecule has 0 atom stereocenters. The van der Waals surface area contributed by atoms with E-state index in [9.17, 15) is 0 Å². The van der Waals surface area contributed by atoms with Gasteiger partial charge in [-0.2, -0.15) is 5.26 Å². The molecule has 0 amide bonds. The Morgan fingerprint density at radius 2 is 2.19 bits per heavy atom. The predicted molar refractivity (Wildman–Crippen MR) is 55.3 cm³/mol. The molecule has 80 valence electrons. The number of hydrogen-bond donors (Lipinski definition) is 1. The van der Waals surface area contributed by atoms with E-state index >= 15 is 0 Å². The fourth-order valence-corrected chi connectivity index (χ4v) is 1.19. The second-order valence-electron chi connectivity index (χ2n) is 2.96. The lowest BCUT2D eigenvalue weighted by molar-refractivity contribution is 0.608. The molecule has 0 aliphatic heterocycles. The molecule has 0 radical (unpaired) electrons. The molecular formula is C9H9N7. The molecule has 0 bridgehead atoms. The number of nitriles is 1. The van der Waals surface area contributed by atoms with Crippen molar-refractivity contribution in [2.24, 2.45) is 0 Å². The highest BCUT2D eigenvalue weighted by molar-refractivity contribution is 5.46. The molecule has 1 N–H and O–H groups in total. The minimum atomic E-state index is 0.293. The maximum Gasteiger partial charge on any atom is 0.182 e. The average Bonchev–Trinajstić information content (AvgIpc) is 2.83. The number of hydrogen-bond acceptors (Lipinski definition) is 6. The molecule has 2 heterocycles. The molecule has 2 rings (SSSR count). The van der Waals surface area contributed by atoms with E-state index in [2.05, 4.69) is 25.6 Å². The summed E-state index contributed by atoms with van der Waals surface area (Å²) in [5.74, 6) is 0.491. The molecule has 0 saturated heterocycles. The third-order valence-corrected chi connectivity index (χ3v) is 1.91. The SMILES string of the molecule is N#Cc1nccnc1NCCn1ccnn1. The summed E-state index contributed by atoms with van der Waals surface area (Å²) in [7, 11) is 0. The van der Waals surface area contributed by atoms with E-state index in [0.717, 1.165) is 0 Å². The lowest BCUT2D eigenvalue weighted by atomic mass is 10.4. The molecule has 0 fully saturated rings. The van der Waals surface area contributed by atoms with Crippen LogP contribution in [0, 0.1) is 11.3 Å². The molecule has 0 unspecified atom stereocenters. The maximum absolute atomic E-state index is 8.78. The van der Waals surface area contributed by atoms with Crippen LogP contribution in [0.1, 0.15) is 5.69 Å². The normalized spacial score (nSPS) is 9.69. The first-order chi connectivity index (χ1) is 7.90. The fourth-order valence-electron chi connectivity index (χ4n) is 1.19. The minimum Gasteiger partial charge on any atom is -0.366 e. The van der Waals surface area contributed by atoms with Gasteiger partial charge in [0, 0.05) is 25.1 Å². The van der Waals surface area contributed by atoms with Crippen LogP contribution in [0.4, 0.5) is 5.82 Å². The summed E-state index contributed by atoms with van der Waals surface area (Å²) in [6, 6.07) is 1.97. The van der Waals surface area contributed by atoms with Gasteiger partial charge in [0.25, 0.3) is 0 Å². The third kappa shape index (κ3) is 2.30. The minimum absolute atomic E-state index is 0.293. The maximum atomic E-state index is 8.78. The second kappa shape index (κ2) is 4.84. The average molecular weight is 215 g/mol. The van der Waals surface area contributed by atoms with Crippen molar-refractivity contribution in [3.8, 4) is 6.07 Å². The summed E-state index contributed by atoms with van der Waals surface area (Å²) in [5.41, 5.74) is 0.293. The van der Waals surface area contributed by atoms with Gasteiger partial charge in [-0.3, -0.25) is 4.68 Å². The molecule has 0 aliphatic rings. The van der Waals surface area contributed by atoms with E-state index < -0.39 is 0 Å². The van der Waals surface area contributed by atoms with E-state index in [1.165, 1.54) is 6.20 Å². The Morgan fingerprint density at radius 1 is 1.31 bits per heavy atom. The van der Waals surface area contributed by atoms with Gasteiger partial charge in [-0.25, -0.2) is 9.97 Å². The molecule has 7 nitrogen and oxygen atoms in total. The quantitative estimate of drug-likeness (QED) is 0.774. The van der Waals surface area contributed by atoms with Gasteiger partial charge in [-0.15, -0.1) is 5.10 Å². The Kier molecular flexibility index (Phi) is 3.04. The van der Waals surface area contributed by atoms with Crippen molar-refractivity contribution in [3.63, 3.8) is 0 Å². The van der Waals surface area contributed by atoms with Gasteiger partial charge in [0.1, 0.15) is 6.07 Å². The fraction of sp³-hybridized carbons (Fsp3) is 0.222. The smallest absolute Gasteiger partial charge is 0.182 e. The van der Waals surface area contributed by atoms with Gasteiger partial charge in [0.15, 0.2) is 11.5 Å². The van der Waals surface area contributed by atoms with Crippen LogP contribution in [0.25, 0.3) is 0 Å². The molecule has 16 heavy (non-hydrogen) atoms. The summed E-state index contributed by atoms with van der Waals surface area (Å²) in [6.45, 7) is 1.26. The number of nitrogens with one attached hydrogen (secondary N) is 1. The monoisotopic (exact) mass is 215 g/mol. The van der Waals surface area contributed by atoms with E-state index in [4.69, 9.17) is 5.26 Å². The highest BCUT2D eigenvalue weighted by atomic mass is 15.4. The lowest BCUT2D eigenvalue weighted by Gasteiger charge is -2.05. The Bertz CT molecular complexity index is 485. The summed E-state index contributed by atoms with van der Waals surface area (Å²) >= 11 is 0. The second-order valence-corrected chi connectivity index (χ2v) is 2.96. The van der Waals surface area contributed by atoms with Crippen molar-refractivity contribution in [3.05, 3.63) is 30.5 Å². The molecule has 0 aliphatic carbocycles. The van der Waals surface area contributed by atoms with Crippen molar-refractivity contribution in [1.82, 2.24) is 25.0 Å². The van der Waals surface area contributed by atoms with Crippen molar-refractivity contribution in [2.45, 2.75) is 6.54 Å². The molecule has 2 aromatic rings. The molecule has 0 spiro atoms. The Balaban J connectivity index is 1.93. The molecule has 2 aromatic heterocycles. The van der Waals surface area contributed by atoms with E-state index in [-0.39, 0.29) is 0 Å². The number of aromatic nitrogens is 5. The molecule has 0 aromatic carbocycles. The molecular weight excluding hydrogens is 206 g/mol. The standard InChI is InChI=1S/C9H9N7/c10-7-8-9(12-2-1-11-8)13-3-5-16-6-4-14-15-16/h1-2,4,6H,3,5H2,(H,12,13). The Labute approximate surface area is 91.8 Å². The highest BCUT2D eigenvalue weighted by Crippen LogP contribution is 2.05. The highest BCUT2D eigenvalue weighted by Gasteiger charge is 2.02. The van der Waals surface area contributed by atoms with Gasteiger partial charge in [-0.05, 0) is 0 Å². The van der Waals surface area contributed by atoms with Crippen molar-refractivity contribution >= 4 is 5.82 Å². The number of anilines is 1. The van der Waals surface area contributed by atoms with E-state index in [1.54, 1.807) is 23.3 Å². The van der Waals surface area contributed by atoms with Crippen LogP contribution in [0.2, 0.25) is 0 Å². The van der Waals surface area contributed by atoms with Crippen LogP contribution in [-0.2, 0) is 6.54 Å². The zero-order valence-electron chi connectivity index (χ0n) is 8.41. The van der Waals surface area contributed by atoms with Crippen LogP contribution in [0.15, 0.2) is 24.8 Å². The molecule has 0 saturated carbocycles. The predicted octanol–water partition coefficient (Wildman–Crippen LogP) is 0.0519. The van der Waals surface area contributed by atoms with E-state index in [1.807, 2.05) is 6.07 Å². The molecule has 7 heteroatoms. The lowest BCUT2D eigenvalue weighted by Crippen LogP contribution is -2.13. The first kappa shape index (κ1) is 10.0.